The van der Waals surface area contributed by atoms with Crippen LogP contribution in [-0.4, -0.2) is 36.4 Å². The summed E-state index contributed by atoms with van der Waals surface area (Å²) < 4.78 is 4.08. The first-order chi connectivity index (χ1) is 15.1. The minimum Gasteiger partial charge on any atom is -0.327 e. The summed E-state index contributed by atoms with van der Waals surface area (Å²) in [7, 11) is 0. The van der Waals surface area contributed by atoms with Gasteiger partial charge in [0.05, 0.1) is 17.4 Å². The van der Waals surface area contributed by atoms with E-state index in [0.717, 1.165) is 36.9 Å². The number of nitrogens with one attached hydrogen (secondary N) is 1. The summed E-state index contributed by atoms with van der Waals surface area (Å²) in [6.07, 6.45) is 11.7. The van der Waals surface area contributed by atoms with Crippen LogP contribution < -0.4 is 5.32 Å². The van der Waals surface area contributed by atoms with E-state index in [-0.39, 0.29) is 11.7 Å². The number of amides is 1. The number of nitrogens with zero attached hydrogens (tertiary/aromatic N) is 6. The van der Waals surface area contributed by atoms with Crippen molar-refractivity contribution in [1.29, 1.82) is 5.26 Å². The number of hydrogen-bond donors (Lipinski definition) is 1. The molecule has 0 atom stereocenters. The Morgan fingerprint density at radius 2 is 1.74 bits per heavy atom. The smallest absolute Gasteiger partial charge is 0.235 e. The van der Waals surface area contributed by atoms with E-state index < -0.39 is 0 Å². The van der Waals surface area contributed by atoms with Crippen LogP contribution in [0.3, 0.4) is 0 Å². The van der Waals surface area contributed by atoms with Crippen LogP contribution >= 0.6 is 11.8 Å². The first-order valence-electron chi connectivity index (χ1n) is 11.4. The number of rotatable bonds is 6. The molecule has 2 saturated carbocycles. The Morgan fingerprint density at radius 1 is 1.10 bits per heavy atom. The maximum Gasteiger partial charge on any atom is 0.235 e. The van der Waals surface area contributed by atoms with Gasteiger partial charge in [-0.1, -0.05) is 50.3 Å². The van der Waals surface area contributed by atoms with Crippen molar-refractivity contribution >= 4 is 23.5 Å². The molecule has 8 nitrogen and oxygen atoms in total. The van der Waals surface area contributed by atoms with Gasteiger partial charge >= 0.3 is 0 Å². The van der Waals surface area contributed by atoms with Crippen LogP contribution in [0.5, 0.6) is 0 Å². The van der Waals surface area contributed by atoms with Gasteiger partial charge in [0.2, 0.25) is 11.1 Å². The van der Waals surface area contributed by atoms with Gasteiger partial charge in [0.25, 0.3) is 0 Å². The Hall–Kier alpha value is -2.34. The summed E-state index contributed by atoms with van der Waals surface area (Å²) in [5.74, 6) is 0.738. The van der Waals surface area contributed by atoms with Crippen LogP contribution in [0.15, 0.2) is 5.16 Å². The fraction of sp³-hybridized carbons (Fsp3) is 0.682. The van der Waals surface area contributed by atoms with Crippen molar-refractivity contribution in [3.63, 3.8) is 0 Å². The van der Waals surface area contributed by atoms with E-state index in [2.05, 4.69) is 31.5 Å². The zero-order valence-corrected chi connectivity index (χ0v) is 19.2. The van der Waals surface area contributed by atoms with Gasteiger partial charge in [-0.05, 0) is 55.5 Å². The van der Waals surface area contributed by atoms with Crippen LogP contribution in [0.2, 0.25) is 0 Å². The van der Waals surface area contributed by atoms with E-state index in [9.17, 15) is 10.1 Å². The van der Waals surface area contributed by atoms with Crippen LogP contribution in [-0.2, 0) is 4.79 Å². The summed E-state index contributed by atoms with van der Waals surface area (Å²) in [6.45, 7) is 4.02. The fourth-order valence-electron chi connectivity index (χ4n) is 5.02. The Morgan fingerprint density at radius 3 is 2.39 bits per heavy atom. The highest BCUT2D eigenvalue weighted by atomic mass is 32.2. The fourth-order valence-corrected chi connectivity index (χ4v) is 5.76. The minimum atomic E-state index is -0.130. The number of thioether (sulfide) groups is 1. The van der Waals surface area contributed by atoms with Crippen molar-refractivity contribution in [2.75, 3.05) is 11.1 Å². The maximum atomic E-state index is 12.9. The van der Waals surface area contributed by atoms with Crippen LogP contribution in [0, 0.1) is 25.2 Å². The molecule has 2 aliphatic rings. The zero-order valence-electron chi connectivity index (χ0n) is 18.4. The minimum absolute atomic E-state index is 0.130. The molecule has 2 heterocycles. The van der Waals surface area contributed by atoms with E-state index in [1.165, 1.54) is 50.3 Å². The second kappa shape index (κ2) is 9.86. The normalized spacial score (nSPS) is 18.1. The molecular weight excluding hydrogens is 410 g/mol. The van der Waals surface area contributed by atoms with Crippen LogP contribution in [0.1, 0.15) is 93.1 Å². The van der Waals surface area contributed by atoms with E-state index in [1.54, 1.807) is 0 Å². The number of anilines is 1. The molecule has 2 aliphatic carbocycles. The molecule has 0 aliphatic heterocycles. The SMILES string of the molecule is Cc1c(C#N)c(NC(=O)CSc2nnnn2C2CCCCC2)n(C2CCCCC2)c1C. The van der Waals surface area contributed by atoms with Gasteiger partial charge in [-0.15, -0.1) is 5.10 Å². The van der Waals surface area contributed by atoms with E-state index in [4.69, 9.17) is 0 Å². The Labute approximate surface area is 187 Å². The molecule has 2 aromatic heterocycles. The van der Waals surface area contributed by atoms with Gasteiger partial charge in [0, 0.05) is 11.7 Å². The van der Waals surface area contributed by atoms with E-state index >= 15 is 0 Å². The molecule has 4 rings (SSSR count). The zero-order chi connectivity index (χ0) is 21.8. The third kappa shape index (κ3) is 4.64. The third-order valence-electron chi connectivity index (χ3n) is 6.78. The van der Waals surface area contributed by atoms with Gasteiger partial charge in [-0.2, -0.15) is 5.26 Å². The molecule has 1 amide bonds. The molecule has 2 fully saturated rings. The summed E-state index contributed by atoms with van der Waals surface area (Å²) in [4.78, 5) is 12.9. The molecule has 166 valence electrons. The number of nitriles is 1. The molecule has 0 saturated heterocycles. The Kier molecular flexibility index (Phi) is 6.96. The molecule has 31 heavy (non-hydrogen) atoms. The number of aromatic nitrogens is 5. The Bertz CT molecular complexity index is 961. The lowest BCUT2D eigenvalue weighted by Gasteiger charge is -2.27. The molecule has 0 unspecified atom stereocenters. The first kappa shape index (κ1) is 21.9. The highest BCUT2D eigenvalue weighted by Gasteiger charge is 2.26. The average molecular weight is 442 g/mol. The van der Waals surface area contributed by atoms with Crippen molar-refractivity contribution < 1.29 is 4.79 Å². The van der Waals surface area contributed by atoms with Crippen molar-refractivity contribution in [3.05, 3.63) is 16.8 Å². The second-order valence-corrected chi connectivity index (χ2v) is 9.68. The van der Waals surface area contributed by atoms with Crippen LogP contribution in [0.4, 0.5) is 5.82 Å². The summed E-state index contributed by atoms with van der Waals surface area (Å²) in [5.41, 5.74) is 2.61. The van der Waals surface area contributed by atoms with Crippen molar-refractivity contribution in [2.24, 2.45) is 0 Å². The van der Waals surface area contributed by atoms with Crippen molar-refractivity contribution in [3.8, 4) is 6.07 Å². The summed E-state index contributed by atoms with van der Waals surface area (Å²) in [6, 6.07) is 2.98. The van der Waals surface area contributed by atoms with Gasteiger partial charge in [-0.3, -0.25) is 4.79 Å². The maximum absolute atomic E-state index is 12.9. The average Bonchev–Trinajstić information content (AvgIpc) is 3.36. The van der Waals surface area contributed by atoms with E-state index in [0.29, 0.717) is 28.6 Å². The first-order valence-corrected chi connectivity index (χ1v) is 12.4. The highest BCUT2D eigenvalue weighted by Crippen LogP contribution is 2.37. The summed E-state index contributed by atoms with van der Waals surface area (Å²) in [5, 5.41) is 25.7. The molecule has 9 heteroatoms. The molecule has 2 aromatic rings. The molecule has 0 radical (unpaired) electrons. The monoisotopic (exact) mass is 441 g/mol. The number of carbonyl (C=O) groups is 1. The van der Waals surface area contributed by atoms with Gasteiger partial charge < -0.3 is 9.88 Å². The number of hydrogen-bond acceptors (Lipinski definition) is 6. The highest BCUT2D eigenvalue weighted by molar-refractivity contribution is 7.99. The molecule has 0 spiro atoms. The van der Waals surface area contributed by atoms with E-state index in [1.807, 2.05) is 18.5 Å². The predicted molar refractivity (Wildman–Crippen MR) is 120 cm³/mol. The van der Waals surface area contributed by atoms with Gasteiger partial charge in [-0.25, -0.2) is 4.68 Å². The quantitative estimate of drug-likeness (QED) is 0.652. The predicted octanol–water partition coefficient (Wildman–Crippen LogP) is 4.70. The topological polar surface area (TPSA) is 101 Å². The largest absolute Gasteiger partial charge is 0.327 e. The van der Waals surface area contributed by atoms with Crippen LogP contribution in [0.25, 0.3) is 0 Å². The molecular formula is C22H31N7OS. The van der Waals surface area contributed by atoms with Crippen molar-refractivity contribution in [1.82, 2.24) is 24.8 Å². The van der Waals surface area contributed by atoms with Gasteiger partial charge in [0.1, 0.15) is 11.9 Å². The molecule has 0 aromatic carbocycles. The number of carbonyl (C=O) groups excluding carboxylic acids is 1. The Balaban J connectivity index is 1.47. The van der Waals surface area contributed by atoms with Crippen molar-refractivity contribution in [2.45, 2.75) is 95.3 Å². The molecule has 1 N–H and O–H groups in total. The second-order valence-electron chi connectivity index (χ2n) is 8.74. The lowest BCUT2D eigenvalue weighted by Crippen LogP contribution is -2.22. The lowest BCUT2D eigenvalue weighted by molar-refractivity contribution is -0.113. The lowest BCUT2D eigenvalue weighted by atomic mass is 9.95. The molecule has 0 bridgehead atoms. The third-order valence-corrected chi connectivity index (χ3v) is 7.72. The number of tetrazole rings is 1. The summed E-state index contributed by atoms with van der Waals surface area (Å²) >= 11 is 1.36. The standard InChI is InChI=1S/C22H31N7OS/c1-15-16(2)28(17-9-5-3-6-10-17)21(19(15)13-23)24-20(30)14-31-22-25-26-27-29(22)18-11-7-4-8-12-18/h17-18H,3-12,14H2,1-2H3,(H,24,30). The van der Waals surface area contributed by atoms with Gasteiger partial charge in [0.15, 0.2) is 0 Å².